The highest BCUT2D eigenvalue weighted by Gasteiger charge is 2.35. The van der Waals surface area contributed by atoms with E-state index in [1.54, 1.807) is 0 Å². The summed E-state index contributed by atoms with van der Waals surface area (Å²) in [6, 6.07) is -0.0458. The standard InChI is InChI=1S/C13H23N2O2/c1-2-17-13(16)11-7-4-6-10-15(11)12-8-3-5-9-14-12/h11-12H,2-10H2,1H3. The second-order valence-corrected chi connectivity index (χ2v) is 4.88. The Morgan fingerprint density at radius 3 is 2.82 bits per heavy atom. The van der Waals surface area contributed by atoms with Gasteiger partial charge >= 0.3 is 5.97 Å². The first-order chi connectivity index (χ1) is 8.33. The smallest absolute Gasteiger partial charge is 0.323 e. The van der Waals surface area contributed by atoms with Crippen LogP contribution in [0.4, 0.5) is 0 Å². The molecule has 4 heteroatoms. The van der Waals surface area contributed by atoms with Crippen molar-refractivity contribution in [1.82, 2.24) is 10.2 Å². The number of hydrogen-bond donors (Lipinski definition) is 0. The molecule has 17 heavy (non-hydrogen) atoms. The van der Waals surface area contributed by atoms with Crippen molar-refractivity contribution in [3.05, 3.63) is 0 Å². The van der Waals surface area contributed by atoms with Crippen LogP contribution in [0.15, 0.2) is 0 Å². The minimum Gasteiger partial charge on any atom is -0.465 e. The fraction of sp³-hybridized carbons (Fsp3) is 0.923. The SMILES string of the molecule is CCOC(=O)C1CCCCN1C1CCCC[N]1. The number of piperidine rings is 2. The summed E-state index contributed by atoms with van der Waals surface area (Å²) in [6.45, 7) is 4.30. The number of rotatable bonds is 3. The zero-order valence-electron chi connectivity index (χ0n) is 10.7. The number of hydrogen-bond acceptors (Lipinski definition) is 3. The van der Waals surface area contributed by atoms with Crippen LogP contribution in [0.2, 0.25) is 0 Å². The summed E-state index contributed by atoms with van der Waals surface area (Å²) in [5, 5.41) is 4.66. The Morgan fingerprint density at radius 2 is 2.12 bits per heavy atom. The average Bonchev–Trinajstić information content (AvgIpc) is 2.40. The molecule has 2 rings (SSSR count). The van der Waals surface area contributed by atoms with E-state index in [1.165, 1.54) is 19.3 Å². The number of likely N-dealkylation sites (tertiary alicyclic amines) is 1. The van der Waals surface area contributed by atoms with Crippen LogP contribution in [-0.2, 0) is 9.53 Å². The molecule has 4 nitrogen and oxygen atoms in total. The highest BCUT2D eigenvalue weighted by atomic mass is 16.5. The van der Waals surface area contributed by atoms with Gasteiger partial charge < -0.3 is 4.74 Å². The Morgan fingerprint density at radius 1 is 1.29 bits per heavy atom. The molecule has 2 fully saturated rings. The normalized spacial score (nSPS) is 31.1. The first-order valence-electron chi connectivity index (χ1n) is 6.92. The van der Waals surface area contributed by atoms with Crippen LogP contribution in [0.5, 0.6) is 0 Å². The van der Waals surface area contributed by atoms with Gasteiger partial charge in [0.15, 0.2) is 0 Å². The monoisotopic (exact) mass is 239 g/mol. The van der Waals surface area contributed by atoms with Gasteiger partial charge in [-0.15, -0.1) is 0 Å². The van der Waals surface area contributed by atoms with Gasteiger partial charge in [0.25, 0.3) is 0 Å². The van der Waals surface area contributed by atoms with Crippen molar-refractivity contribution in [3.63, 3.8) is 0 Å². The van der Waals surface area contributed by atoms with Crippen LogP contribution in [-0.4, -0.2) is 42.8 Å². The van der Waals surface area contributed by atoms with Crippen LogP contribution < -0.4 is 5.32 Å². The molecule has 2 unspecified atom stereocenters. The topological polar surface area (TPSA) is 43.6 Å². The molecule has 0 saturated carbocycles. The van der Waals surface area contributed by atoms with Crippen LogP contribution in [0.1, 0.15) is 45.4 Å². The van der Waals surface area contributed by atoms with Crippen LogP contribution >= 0.6 is 0 Å². The number of carbonyl (C=O) groups excluding carboxylic acids is 1. The number of ether oxygens (including phenoxy) is 1. The Hall–Kier alpha value is -0.610. The number of nitrogens with zero attached hydrogens (tertiary/aromatic N) is 2. The minimum absolute atomic E-state index is 0.0458. The maximum atomic E-state index is 11.9. The minimum atomic E-state index is -0.0482. The highest BCUT2D eigenvalue weighted by molar-refractivity contribution is 5.75. The summed E-state index contributed by atoms with van der Waals surface area (Å²) in [6.07, 6.45) is 7.06. The Balaban J connectivity index is 1.97. The second-order valence-electron chi connectivity index (χ2n) is 4.88. The summed E-state index contributed by atoms with van der Waals surface area (Å²) in [7, 11) is 0. The highest BCUT2D eigenvalue weighted by Crippen LogP contribution is 2.24. The second kappa shape index (κ2) is 6.36. The van der Waals surface area contributed by atoms with Gasteiger partial charge in [-0.1, -0.05) is 6.42 Å². The fourth-order valence-electron chi connectivity index (χ4n) is 2.84. The molecule has 2 aliphatic rings. The van der Waals surface area contributed by atoms with E-state index in [0.717, 1.165) is 32.4 Å². The molecule has 1 radical (unpaired) electrons. The van der Waals surface area contributed by atoms with Gasteiger partial charge in [0.2, 0.25) is 0 Å². The quantitative estimate of drug-likeness (QED) is 0.701. The molecule has 2 aliphatic heterocycles. The Labute approximate surface area is 104 Å². The third kappa shape index (κ3) is 3.19. The maximum absolute atomic E-state index is 11.9. The molecule has 2 heterocycles. The zero-order valence-corrected chi connectivity index (χ0v) is 10.7. The summed E-state index contributed by atoms with van der Waals surface area (Å²) in [5.74, 6) is -0.0482. The molecule has 2 saturated heterocycles. The largest absolute Gasteiger partial charge is 0.465 e. The molecule has 97 valence electrons. The molecular formula is C13H23N2O2. The van der Waals surface area contributed by atoms with E-state index < -0.39 is 0 Å². The van der Waals surface area contributed by atoms with Crippen molar-refractivity contribution in [2.24, 2.45) is 0 Å². The molecule has 0 N–H and O–H groups in total. The van der Waals surface area contributed by atoms with Gasteiger partial charge in [0, 0.05) is 13.1 Å². The third-order valence-corrected chi connectivity index (χ3v) is 3.70. The van der Waals surface area contributed by atoms with Crippen molar-refractivity contribution < 1.29 is 9.53 Å². The summed E-state index contributed by atoms with van der Waals surface area (Å²) in [5.41, 5.74) is 0. The van der Waals surface area contributed by atoms with Gasteiger partial charge in [-0.25, -0.2) is 5.32 Å². The van der Waals surface area contributed by atoms with E-state index in [1.807, 2.05) is 6.92 Å². The Bertz CT molecular complexity index is 252. The van der Waals surface area contributed by atoms with E-state index in [-0.39, 0.29) is 18.2 Å². The van der Waals surface area contributed by atoms with Crippen LogP contribution in [0.3, 0.4) is 0 Å². The lowest BCUT2D eigenvalue weighted by molar-refractivity contribution is -0.152. The van der Waals surface area contributed by atoms with Crippen molar-refractivity contribution in [1.29, 1.82) is 0 Å². The third-order valence-electron chi connectivity index (χ3n) is 3.70. The molecule has 0 aromatic rings. The lowest BCUT2D eigenvalue weighted by Crippen LogP contribution is -2.54. The molecular weight excluding hydrogens is 216 g/mol. The molecule has 2 atom stereocenters. The molecule has 0 amide bonds. The lowest BCUT2D eigenvalue weighted by atomic mass is 9.99. The zero-order chi connectivity index (χ0) is 12.1. The number of esters is 1. The lowest BCUT2D eigenvalue weighted by Gasteiger charge is -2.40. The van der Waals surface area contributed by atoms with E-state index in [2.05, 4.69) is 10.2 Å². The first kappa shape index (κ1) is 12.8. The van der Waals surface area contributed by atoms with Crippen LogP contribution in [0, 0.1) is 0 Å². The average molecular weight is 239 g/mol. The molecule has 0 bridgehead atoms. The fourth-order valence-corrected chi connectivity index (χ4v) is 2.84. The molecule has 0 aromatic heterocycles. The number of carbonyl (C=O) groups is 1. The van der Waals surface area contributed by atoms with E-state index in [4.69, 9.17) is 4.74 Å². The van der Waals surface area contributed by atoms with Gasteiger partial charge in [-0.05, 0) is 39.0 Å². The summed E-state index contributed by atoms with van der Waals surface area (Å²) >= 11 is 0. The van der Waals surface area contributed by atoms with Gasteiger partial charge in [0.05, 0.1) is 12.8 Å². The molecule has 0 aliphatic carbocycles. The van der Waals surface area contributed by atoms with Crippen molar-refractivity contribution >= 4 is 5.97 Å². The van der Waals surface area contributed by atoms with E-state index in [9.17, 15) is 4.79 Å². The molecule has 0 aromatic carbocycles. The van der Waals surface area contributed by atoms with Gasteiger partial charge in [0.1, 0.15) is 6.04 Å². The Kier molecular flexibility index (Phi) is 4.80. The molecule has 0 spiro atoms. The van der Waals surface area contributed by atoms with Gasteiger partial charge in [-0.2, -0.15) is 0 Å². The first-order valence-corrected chi connectivity index (χ1v) is 6.92. The van der Waals surface area contributed by atoms with Crippen LogP contribution in [0.25, 0.3) is 0 Å². The van der Waals surface area contributed by atoms with Gasteiger partial charge in [-0.3, -0.25) is 9.69 Å². The summed E-state index contributed by atoms with van der Waals surface area (Å²) in [4.78, 5) is 14.2. The van der Waals surface area contributed by atoms with Crippen molar-refractivity contribution in [2.75, 3.05) is 19.7 Å². The van der Waals surface area contributed by atoms with E-state index in [0.29, 0.717) is 6.61 Å². The summed E-state index contributed by atoms with van der Waals surface area (Å²) < 4.78 is 5.18. The maximum Gasteiger partial charge on any atom is 0.323 e. The van der Waals surface area contributed by atoms with Crippen molar-refractivity contribution in [2.45, 2.75) is 57.7 Å². The predicted octanol–water partition coefficient (Wildman–Crippen LogP) is 1.52. The van der Waals surface area contributed by atoms with E-state index >= 15 is 0 Å². The predicted molar refractivity (Wildman–Crippen MR) is 65.6 cm³/mol. The van der Waals surface area contributed by atoms with Crippen molar-refractivity contribution in [3.8, 4) is 0 Å².